The first kappa shape index (κ1) is 19.2. The summed E-state index contributed by atoms with van der Waals surface area (Å²) in [6, 6.07) is 12.3. The molecular formula is C20H18F2N4O2. The van der Waals surface area contributed by atoms with E-state index in [1.54, 1.807) is 6.20 Å². The van der Waals surface area contributed by atoms with Crippen LogP contribution in [0.5, 0.6) is 0 Å². The van der Waals surface area contributed by atoms with Crippen molar-refractivity contribution in [2.75, 3.05) is 6.54 Å². The number of carbonyl (C=O) groups is 2. The van der Waals surface area contributed by atoms with Crippen LogP contribution in [0.2, 0.25) is 0 Å². The van der Waals surface area contributed by atoms with Gasteiger partial charge in [0.05, 0.1) is 24.0 Å². The third-order valence-electron chi connectivity index (χ3n) is 3.98. The third kappa shape index (κ3) is 5.00. The van der Waals surface area contributed by atoms with Crippen LogP contribution in [0.3, 0.4) is 0 Å². The zero-order valence-corrected chi connectivity index (χ0v) is 14.8. The second-order valence-electron chi connectivity index (χ2n) is 6.02. The van der Waals surface area contributed by atoms with E-state index in [4.69, 9.17) is 0 Å². The molecule has 8 heteroatoms. The van der Waals surface area contributed by atoms with Crippen LogP contribution in [0, 0.1) is 11.6 Å². The Kier molecular flexibility index (Phi) is 6.11. The summed E-state index contributed by atoms with van der Waals surface area (Å²) < 4.78 is 26.4. The van der Waals surface area contributed by atoms with Gasteiger partial charge in [-0.15, -0.1) is 0 Å². The number of H-pyrrole nitrogens is 1. The quantitative estimate of drug-likeness (QED) is 0.585. The molecule has 0 saturated carbocycles. The molecule has 0 bridgehead atoms. The summed E-state index contributed by atoms with van der Waals surface area (Å²) in [5.41, 5.74) is 1.56. The lowest BCUT2D eigenvalue weighted by molar-refractivity contribution is -0.121. The second kappa shape index (κ2) is 8.90. The van der Waals surface area contributed by atoms with Crippen LogP contribution >= 0.6 is 0 Å². The maximum atomic E-state index is 13.5. The van der Waals surface area contributed by atoms with E-state index in [1.807, 2.05) is 30.3 Å². The summed E-state index contributed by atoms with van der Waals surface area (Å²) in [5.74, 6) is -2.11. The number of hydrogen-bond donors (Lipinski definition) is 3. The van der Waals surface area contributed by atoms with Gasteiger partial charge in [-0.25, -0.2) is 13.8 Å². The van der Waals surface area contributed by atoms with E-state index >= 15 is 0 Å². The molecule has 0 fully saturated rings. The molecule has 0 spiro atoms. The Labute approximate surface area is 160 Å². The molecule has 3 aromatic rings. The van der Waals surface area contributed by atoms with E-state index in [0.29, 0.717) is 11.9 Å². The molecule has 3 rings (SSSR count). The Balaban J connectivity index is 1.42. The van der Waals surface area contributed by atoms with Gasteiger partial charge in [0.1, 0.15) is 17.5 Å². The molecule has 0 aliphatic rings. The highest BCUT2D eigenvalue weighted by molar-refractivity contribution is 5.94. The second-order valence-corrected chi connectivity index (χ2v) is 6.02. The van der Waals surface area contributed by atoms with Gasteiger partial charge in [-0.1, -0.05) is 30.3 Å². The van der Waals surface area contributed by atoms with Gasteiger partial charge in [0.2, 0.25) is 5.91 Å². The number of carbonyl (C=O) groups excluding carboxylic acids is 2. The molecule has 0 aliphatic heterocycles. The Morgan fingerprint density at radius 1 is 1.04 bits per heavy atom. The normalized spacial score (nSPS) is 10.5. The number of nitrogens with one attached hydrogen (secondary N) is 3. The van der Waals surface area contributed by atoms with E-state index in [2.05, 4.69) is 20.6 Å². The van der Waals surface area contributed by atoms with E-state index in [1.165, 1.54) is 0 Å². The van der Waals surface area contributed by atoms with Crippen LogP contribution in [-0.4, -0.2) is 28.3 Å². The largest absolute Gasteiger partial charge is 0.351 e. The molecule has 28 heavy (non-hydrogen) atoms. The molecule has 0 aliphatic carbocycles. The van der Waals surface area contributed by atoms with Crippen molar-refractivity contribution < 1.29 is 18.4 Å². The van der Waals surface area contributed by atoms with Gasteiger partial charge >= 0.3 is 0 Å². The van der Waals surface area contributed by atoms with Gasteiger partial charge in [-0.05, 0) is 17.7 Å². The molecule has 2 amide bonds. The van der Waals surface area contributed by atoms with E-state index in [-0.39, 0.29) is 31.0 Å². The highest BCUT2D eigenvalue weighted by Gasteiger charge is 2.12. The first-order valence-corrected chi connectivity index (χ1v) is 8.62. The standard InChI is InChI=1S/C20H18F2N4O2/c21-14-6-7-15(16(22)10-14)20(28)23-9-8-19(27)25-12-18-24-11-17(26-18)13-4-2-1-3-5-13/h1-7,10-11H,8-9,12H2,(H,23,28)(H,24,26)(H,25,27). The van der Waals surface area contributed by atoms with Crippen molar-refractivity contribution in [2.24, 2.45) is 0 Å². The molecule has 0 atom stereocenters. The fraction of sp³-hybridized carbons (Fsp3) is 0.150. The first-order valence-electron chi connectivity index (χ1n) is 8.62. The fourth-order valence-corrected chi connectivity index (χ4v) is 2.55. The Bertz CT molecular complexity index is 973. The summed E-state index contributed by atoms with van der Waals surface area (Å²) in [7, 11) is 0. The summed E-state index contributed by atoms with van der Waals surface area (Å²) >= 11 is 0. The highest BCUT2D eigenvalue weighted by atomic mass is 19.1. The zero-order valence-electron chi connectivity index (χ0n) is 14.8. The van der Waals surface area contributed by atoms with Crippen molar-refractivity contribution in [1.82, 2.24) is 20.6 Å². The molecule has 6 nitrogen and oxygen atoms in total. The molecule has 1 heterocycles. The van der Waals surface area contributed by atoms with Crippen LogP contribution < -0.4 is 10.6 Å². The minimum atomic E-state index is -0.950. The SMILES string of the molecule is O=C(CCNC(=O)c1ccc(F)cc1F)NCc1ncc(-c2ccccc2)[nH]1. The van der Waals surface area contributed by atoms with Gasteiger partial charge in [0.15, 0.2) is 0 Å². The van der Waals surface area contributed by atoms with Crippen LogP contribution in [-0.2, 0) is 11.3 Å². The molecule has 2 aromatic carbocycles. The summed E-state index contributed by atoms with van der Waals surface area (Å²) in [5, 5.41) is 5.12. The number of halogens is 2. The molecule has 1 aromatic heterocycles. The lowest BCUT2D eigenvalue weighted by Crippen LogP contribution is -2.31. The van der Waals surface area contributed by atoms with Gasteiger partial charge < -0.3 is 15.6 Å². The lowest BCUT2D eigenvalue weighted by atomic mass is 10.2. The number of benzene rings is 2. The van der Waals surface area contributed by atoms with E-state index < -0.39 is 17.5 Å². The van der Waals surface area contributed by atoms with Crippen LogP contribution in [0.15, 0.2) is 54.7 Å². The van der Waals surface area contributed by atoms with Gasteiger partial charge in [-0.2, -0.15) is 0 Å². The van der Waals surface area contributed by atoms with Crippen molar-refractivity contribution in [3.05, 3.63) is 77.8 Å². The zero-order chi connectivity index (χ0) is 19.9. The molecule has 0 radical (unpaired) electrons. The van der Waals surface area contributed by atoms with Crippen LogP contribution in [0.25, 0.3) is 11.3 Å². The third-order valence-corrected chi connectivity index (χ3v) is 3.98. The van der Waals surface area contributed by atoms with Crippen molar-refractivity contribution >= 4 is 11.8 Å². The van der Waals surface area contributed by atoms with Gasteiger partial charge in [0.25, 0.3) is 5.91 Å². The topological polar surface area (TPSA) is 86.9 Å². The highest BCUT2D eigenvalue weighted by Crippen LogP contribution is 2.15. The molecule has 0 saturated heterocycles. The number of hydrogen-bond acceptors (Lipinski definition) is 3. The summed E-state index contributed by atoms with van der Waals surface area (Å²) in [4.78, 5) is 31.1. The molecule has 144 valence electrons. The van der Waals surface area contributed by atoms with Crippen molar-refractivity contribution in [3.63, 3.8) is 0 Å². The van der Waals surface area contributed by atoms with Gasteiger partial charge in [0, 0.05) is 19.0 Å². The number of aromatic nitrogens is 2. The number of imidazole rings is 1. The summed E-state index contributed by atoms with van der Waals surface area (Å²) in [6.07, 6.45) is 1.70. The maximum Gasteiger partial charge on any atom is 0.254 e. The predicted octanol–water partition coefficient (Wildman–Crippen LogP) is 2.79. The first-order chi connectivity index (χ1) is 13.5. The van der Waals surface area contributed by atoms with Crippen LogP contribution in [0.1, 0.15) is 22.6 Å². The number of amides is 2. The molecule has 0 unspecified atom stereocenters. The minimum Gasteiger partial charge on any atom is -0.351 e. The smallest absolute Gasteiger partial charge is 0.254 e. The van der Waals surface area contributed by atoms with E-state index in [0.717, 1.165) is 23.4 Å². The monoisotopic (exact) mass is 384 g/mol. The number of aromatic amines is 1. The Morgan fingerprint density at radius 3 is 2.57 bits per heavy atom. The number of nitrogens with zero attached hydrogens (tertiary/aromatic N) is 1. The minimum absolute atomic E-state index is 0.0147. The van der Waals surface area contributed by atoms with Crippen molar-refractivity contribution in [3.8, 4) is 11.3 Å². The predicted molar refractivity (Wildman–Crippen MR) is 99.2 cm³/mol. The Morgan fingerprint density at radius 2 is 1.82 bits per heavy atom. The fourth-order valence-electron chi connectivity index (χ4n) is 2.55. The maximum absolute atomic E-state index is 13.5. The van der Waals surface area contributed by atoms with E-state index in [9.17, 15) is 18.4 Å². The van der Waals surface area contributed by atoms with Crippen molar-refractivity contribution in [2.45, 2.75) is 13.0 Å². The van der Waals surface area contributed by atoms with Crippen LogP contribution in [0.4, 0.5) is 8.78 Å². The van der Waals surface area contributed by atoms with Crippen molar-refractivity contribution in [1.29, 1.82) is 0 Å². The average molecular weight is 384 g/mol. The average Bonchev–Trinajstić information content (AvgIpc) is 3.16. The summed E-state index contributed by atoms with van der Waals surface area (Å²) in [6.45, 7) is 0.237. The molecule has 3 N–H and O–H groups in total. The number of rotatable bonds is 7. The van der Waals surface area contributed by atoms with Gasteiger partial charge in [-0.3, -0.25) is 9.59 Å². The Hall–Kier alpha value is -3.55. The lowest BCUT2D eigenvalue weighted by Gasteiger charge is -2.07. The molecular weight excluding hydrogens is 366 g/mol.